The van der Waals surface area contributed by atoms with E-state index in [0.717, 1.165) is 18.1 Å². The molecular weight excluding hydrogens is 244 g/mol. The number of aryl methyl sites for hydroxylation is 1. The molecular formula is C16H23ClO. The van der Waals surface area contributed by atoms with E-state index in [1.165, 1.54) is 43.2 Å². The first-order chi connectivity index (χ1) is 8.69. The van der Waals surface area contributed by atoms with Gasteiger partial charge in [-0.3, -0.25) is 0 Å². The molecule has 0 bridgehead atoms. The van der Waals surface area contributed by atoms with Crippen molar-refractivity contribution in [1.82, 2.24) is 0 Å². The Bertz CT molecular complexity index is 394. The molecule has 0 N–H and O–H groups in total. The van der Waals surface area contributed by atoms with Gasteiger partial charge in [-0.2, -0.15) is 0 Å². The molecule has 0 aliphatic heterocycles. The van der Waals surface area contributed by atoms with Crippen LogP contribution in [0.2, 0.25) is 0 Å². The molecule has 0 amide bonds. The maximum Gasteiger partial charge on any atom is 0.122 e. The van der Waals surface area contributed by atoms with E-state index in [1.807, 2.05) is 0 Å². The Morgan fingerprint density at radius 1 is 1.22 bits per heavy atom. The van der Waals surface area contributed by atoms with Crippen LogP contribution in [-0.4, -0.2) is 13.0 Å². The van der Waals surface area contributed by atoms with Gasteiger partial charge in [0.25, 0.3) is 0 Å². The van der Waals surface area contributed by atoms with Crippen molar-refractivity contribution < 1.29 is 4.74 Å². The molecule has 1 fully saturated rings. The Balaban J connectivity index is 2.23. The van der Waals surface area contributed by atoms with Crippen molar-refractivity contribution in [3.63, 3.8) is 0 Å². The largest absolute Gasteiger partial charge is 0.496 e. The molecule has 0 unspecified atom stereocenters. The number of ether oxygens (including phenoxy) is 1. The predicted molar refractivity (Wildman–Crippen MR) is 77.7 cm³/mol. The SMILES string of the molecule is COc1ccc(C)cc1CC1(CCl)CCCCC1. The average molecular weight is 267 g/mol. The van der Waals surface area contributed by atoms with Gasteiger partial charge in [-0.05, 0) is 43.2 Å². The monoisotopic (exact) mass is 266 g/mol. The molecule has 18 heavy (non-hydrogen) atoms. The van der Waals surface area contributed by atoms with Crippen molar-refractivity contribution >= 4 is 11.6 Å². The van der Waals surface area contributed by atoms with E-state index in [0.29, 0.717) is 5.41 Å². The molecule has 1 aliphatic rings. The summed E-state index contributed by atoms with van der Waals surface area (Å²) >= 11 is 6.28. The Labute approximate surface area is 115 Å². The minimum Gasteiger partial charge on any atom is -0.496 e. The van der Waals surface area contributed by atoms with Gasteiger partial charge in [0, 0.05) is 5.88 Å². The number of rotatable bonds is 4. The fraction of sp³-hybridized carbons (Fsp3) is 0.625. The van der Waals surface area contributed by atoms with Gasteiger partial charge >= 0.3 is 0 Å². The molecule has 0 heterocycles. The Hall–Kier alpha value is -0.690. The van der Waals surface area contributed by atoms with Crippen LogP contribution in [0.5, 0.6) is 5.75 Å². The van der Waals surface area contributed by atoms with Crippen LogP contribution in [-0.2, 0) is 6.42 Å². The summed E-state index contributed by atoms with van der Waals surface area (Å²) in [7, 11) is 1.75. The summed E-state index contributed by atoms with van der Waals surface area (Å²) in [6.07, 6.45) is 7.58. The zero-order valence-electron chi connectivity index (χ0n) is 11.5. The quantitative estimate of drug-likeness (QED) is 0.716. The first kappa shape index (κ1) is 13.7. The van der Waals surface area contributed by atoms with E-state index < -0.39 is 0 Å². The van der Waals surface area contributed by atoms with Crippen LogP contribution in [0.3, 0.4) is 0 Å². The summed E-state index contributed by atoms with van der Waals surface area (Å²) in [5, 5.41) is 0. The van der Waals surface area contributed by atoms with Crippen LogP contribution in [0.15, 0.2) is 18.2 Å². The summed E-state index contributed by atoms with van der Waals surface area (Å²) in [6.45, 7) is 2.14. The highest BCUT2D eigenvalue weighted by molar-refractivity contribution is 6.18. The van der Waals surface area contributed by atoms with E-state index in [1.54, 1.807) is 7.11 Å². The Morgan fingerprint density at radius 3 is 2.56 bits per heavy atom. The molecule has 2 rings (SSSR count). The topological polar surface area (TPSA) is 9.23 Å². The summed E-state index contributed by atoms with van der Waals surface area (Å²) in [4.78, 5) is 0. The van der Waals surface area contributed by atoms with E-state index >= 15 is 0 Å². The highest BCUT2D eigenvalue weighted by Crippen LogP contribution is 2.41. The van der Waals surface area contributed by atoms with Gasteiger partial charge in [0.2, 0.25) is 0 Å². The molecule has 1 nitrogen and oxygen atoms in total. The third-order valence-corrected chi connectivity index (χ3v) is 4.77. The predicted octanol–water partition coefficient (Wildman–Crippen LogP) is 4.74. The molecule has 0 aromatic heterocycles. The molecule has 1 aromatic rings. The van der Waals surface area contributed by atoms with Crippen LogP contribution >= 0.6 is 11.6 Å². The van der Waals surface area contributed by atoms with Crippen LogP contribution in [0, 0.1) is 12.3 Å². The third kappa shape index (κ3) is 3.00. The molecule has 2 heteroatoms. The smallest absolute Gasteiger partial charge is 0.122 e. The number of methoxy groups -OCH3 is 1. The fourth-order valence-electron chi connectivity index (χ4n) is 3.11. The summed E-state index contributed by atoms with van der Waals surface area (Å²) in [5.41, 5.74) is 2.91. The summed E-state index contributed by atoms with van der Waals surface area (Å²) < 4.78 is 5.49. The fourth-order valence-corrected chi connectivity index (χ4v) is 3.47. The van der Waals surface area contributed by atoms with E-state index in [2.05, 4.69) is 25.1 Å². The van der Waals surface area contributed by atoms with Crippen LogP contribution in [0.4, 0.5) is 0 Å². The van der Waals surface area contributed by atoms with E-state index in [9.17, 15) is 0 Å². The van der Waals surface area contributed by atoms with Crippen molar-refractivity contribution in [3.8, 4) is 5.75 Å². The Kier molecular flexibility index (Phi) is 4.55. The normalized spacial score (nSPS) is 18.6. The molecule has 0 saturated heterocycles. The minimum absolute atomic E-state index is 0.293. The lowest BCUT2D eigenvalue weighted by Gasteiger charge is -2.36. The zero-order valence-corrected chi connectivity index (χ0v) is 12.2. The molecule has 0 radical (unpaired) electrons. The van der Waals surface area contributed by atoms with Gasteiger partial charge in [0.05, 0.1) is 7.11 Å². The molecule has 1 aromatic carbocycles. The second-order valence-electron chi connectivity index (χ2n) is 5.69. The lowest BCUT2D eigenvalue weighted by atomic mass is 9.71. The highest BCUT2D eigenvalue weighted by atomic mass is 35.5. The molecule has 100 valence electrons. The van der Waals surface area contributed by atoms with E-state index in [4.69, 9.17) is 16.3 Å². The summed E-state index contributed by atoms with van der Waals surface area (Å²) in [5.74, 6) is 1.78. The molecule has 0 spiro atoms. The van der Waals surface area contributed by atoms with Crippen molar-refractivity contribution in [1.29, 1.82) is 0 Å². The van der Waals surface area contributed by atoms with Gasteiger partial charge in [-0.15, -0.1) is 11.6 Å². The van der Waals surface area contributed by atoms with Crippen LogP contribution in [0.1, 0.15) is 43.2 Å². The summed E-state index contributed by atoms with van der Waals surface area (Å²) in [6, 6.07) is 6.44. The van der Waals surface area contributed by atoms with Gasteiger partial charge in [-0.1, -0.05) is 37.0 Å². The minimum atomic E-state index is 0.293. The van der Waals surface area contributed by atoms with Crippen molar-refractivity contribution in [2.45, 2.75) is 45.4 Å². The van der Waals surface area contributed by atoms with Crippen molar-refractivity contribution in [2.24, 2.45) is 5.41 Å². The number of hydrogen-bond acceptors (Lipinski definition) is 1. The van der Waals surface area contributed by atoms with Gasteiger partial charge < -0.3 is 4.74 Å². The standard InChI is InChI=1S/C16H23ClO/c1-13-6-7-15(18-2)14(10-13)11-16(12-17)8-4-3-5-9-16/h6-7,10H,3-5,8-9,11-12H2,1-2H3. The van der Waals surface area contributed by atoms with Gasteiger partial charge in [-0.25, -0.2) is 0 Å². The lowest BCUT2D eigenvalue weighted by molar-refractivity contribution is 0.217. The zero-order chi connectivity index (χ0) is 13.0. The maximum absolute atomic E-state index is 6.28. The number of hydrogen-bond donors (Lipinski definition) is 0. The van der Waals surface area contributed by atoms with Crippen LogP contribution < -0.4 is 4.74 Å². The van der Waals surface area contributed by atoms with Crippen LogP contribution in [0.25, 0.3) is 0 Å². The first-order valence-corrected chi connectivity index (χ1v) is 7.42. The third-order valence-electron chi connectivity index (χ3n) is 4.20. The molecule has 1 aliphatic carbocycles. The number of benzene rings is 1. The number of halogens is 1. The number of alkyl halides is 1. The van der Waals surface area contributed by atoms with E-state index in [-0.39, 0.29) is 0 Å². The van der Waals surface area contributed by atoms with Gasteiger partial charge in [0.1, 0.15) is 5.75 Å². The maximum atomic E-state index is 6.28. The lowest BCUT2D eigenvalue weighted by Crippen LogP contribution is -2.28. The highest BCUT2D eigenvalue weighted by Gasteiger charge is 2.32. The van der Waals surface area contributed by atoms with Gasteiger partial charge in [0.15, 0.2) is 0 Å². The second kappa shape index (κ2) is 5.97. The Morgan fingerprint density at radius 2 is 1.94 bits per heavy atom. The van der Waals surface area contributed by atoms with Crippen molar-refractivity contribution in [2.75, 3.05) is 13.0 Å². The second-order valence-corrected chi connectivity index (χ2v) is 5.95. The molecule has 1 saturated carbocycles. The first-order valence-electron chi connectivity index (χ1n) is 6.89. The average Bonchev–Trinajstić information content (AvgIpc) is 2.40. The van der Waals surface area contributed by atoms with Crippen molar-refractivity contribution in [3.05, 3.63) is 29.3 Å². The molecule has 0 atom stereocenters.